The van der Waals surface area contributed by atoms with Crippen LogP contribution in [0.3, 0.4) is 0 Å². The molecule has 0 radical (unpaired) electrons. The summed E-state index contributed by atoms with van der Waals surface area (Å²) in [6.07, 6.45) is 2.35. The van der Waals surface area contributed by atoms with Crippen molar-refractivity contribution in [1.82, 2.24) is 10.2 Å². The molecule has 4 rings (SSSR count). The summed E-state index contributed by atoms with van der Waals surface area (Å²) >= 11 is 0. The molecule has 1 heterocycles. The molecule has 0 unspecified atom stereocenters. The zero-order valence-corrected chi connectivity index (χ0v) is 12.7. The predicted octanol–water partition coefficient (Wildman–Crippen LogP) is 3.65. The summed E-state index contributed by atoms with van der Waals surface area (Å²) in [7, 11) is 0. The number of nitrogens with zero attached hydrogens (tertiary/aromatic N) is 1. The van der Waals surface area contributed by atoms with Crippen LogP contribution in [-0.4, -0.2) is 16.1 Å². The summed E-state index contributed by atoms with van der Waals surface area (Å²) in [4.78, 5) is 11.7. The number of aromatic amines is 1. The molecule has 1 saturated carbocycles. The molecule has 1 aromatic heterocycles. The van der Waals surface area contributed by atoms with Crippen molar-refractivity contribution in [3.8, 4) is 11.3 Å². The fourth-order valence-electron chi connectivity index (χ4n) is 3.14. The molecule has 0 aliphatic heterocycles. The zero-order valence-electron chi connectivity index (χ0n) is 12.7. The maximum atomic E-state index is 13.7. The summed E-state index contributed by atoms with van der Waals surface area (Å²) in [6, 6.07) is 8.15. The van der Waals surface area contributed by atoms with Crippen LogP contribution in [0.15, 0.2) is 30.3 Å². The lowest BCUT2D eigenvalue weighted by atomic mass is 9.97. The Morgan fingerprint density at radius 3 is 2.78 bits per heavy atom. The van der Waals surface area contributed by atoms with Crippen LogP contribution >= 0.6 is 0 Å². The number of benzene rings is 2. The molecule has 5 heteroatoms. The van der Waals surface area contributed by atoms with Gasteiger partial charge in [0.1, 0.15) is 5.82 Å². The van der Waals surface area contributed by atoms with Crippen LogP contribution in [0.4, 0.5) is 4.39 Å². The summed E-state index contributed by atoms with van der Waals surface area (Å²) in [6.45, 7) is 2.03. The van der Waals surface area contributed by atoms with Crippen LogP contribution in [0.5, 0.6) is 0 Å². The number of nitrogens with one attached hydrogen (secondary N) is 1. The Morgan fingerprint density at radius 2 is 2.09 bits per heavy atom. The summed E-state index contributed by atoms with van der Waals surface area (Å²) < 4.78 is 13.7. The quantitative estimate of drug-likeness (QED) is 0.775. The van der Waals surface area contributed by atoms with Crippen LogP contribution in [0.25, 0.3) is 22.2 Å². The Labute approximate surface area is 132 Å². The number of rotatable bonds is 3. The van der Waals surface area contributed by atoms with Crippen molar-refractivity contribution in [2.75, 3.05) is 0 Å². The van der Waals surface area contributed by atoms with Crippen molar-refractivity contribution in [2.24, 2.45) is 5.73 Å². The molecule has 0 saturated heterocycles. The van der Waals surface area contributed by atoms with Gasteiger partial charge in [0, 0.05) is 16.5 Å². The van der Waals surface area contributed by atoms with E-state index in [-0.39, 0.29) is 5.56 Å². The van der Waals surface area contributed by atoms with E-state index in [0.29, 0.717) is 17.2 Å². The zero-order chi connectivity index (χ0) is 16.1. The second-order valence-electron chi connectivity index (χ2n) is 6.18. The minimum atomic E-state index is -0.585. The average molecular weight is 309 g/mol. The molecule has 23 heavy (non-hydrogen) atoms. The Bertz CT molecular complexity index is 941. The van der Waals surface area contributed by atoms with Crippen LogP contribution < -0.4 is 5.73 Å². The highest BCUT2D eigenvalue weighted by molar-refractivity contribution is 6.04. The van der Waals surface area contributed by atoms with E-state index in [1.807, 2.05) is 13.0 Å². The molecule has 116 valence electrons. The van der Waals surface area contributed by atoms with Gasteiger partial charge in [-0.1, -0.05) is 11.6 Å². The first-order chi connectivity index (χ1) is 11.0. The second kappa shape index (κ2) is 4.91. The highest BCUT2D eigenvalue weighted by atomic mass is 19.1. The van der Waals surface area contributed by atoms with Crippen molar-refractivity contribution < 1.29 is 9.18 Å². The van der Waals surface area contributed by atoms with Gasteiger partial charge in [-0.15, -0.1) is 0 Å². The number of aromatic nitrogens is 2. The molecule has 3 aromatic rings. The van der Waals surface area contributed by atoms with E-state index >= 15 is 0 Å². The lowest BCUT2D eigenvalue weighted by Gasteiger charge is -2.07. The number of halogens is 1. The van der Waals surface area contributed by atoms with Crippen LogP contribution in [0.1, 0.15) is 40.2 Å². The Kier molecular flexibility index (Phi) is 2.98. The van der Waals surface area contributed by atoms with Gasteiger partial charge in [0.05, 0.1) is 11.2 Å². The van der Waals surface area contributed by atoms with Gasteiger partial charge < -0.3 is 5.73 Å². The molecule has 1 aliphatic carbocycles. The largest absolute Gasteiger partial charge is 0.366 e. The first-order valence-electron chi connectivity index (χ1n) is 7.63. The number of hydrogen-bond acceptors (Lipinski definition) is 2. The van der Waals surface area contributed by atoms with Crippen LogP contribution in [0, 0.1) is 12.7 Å². The van der Waals surface area contributed by atoms with Gasteiger partial charge in [0.15, 0.2) is 0 Å². The number of aryl methyl sites for hydroxylation is 1. The van der Waals surface area contributed by atoms with E-state index in [9.17, 15) is 9.18 Å². The van der Waals surface area contributed by atoms with Gasteiger partial charge >= 0.3 is 0 Å². The fraction of sp³-hybridized carbons (Fsp3) is 0.222. The normalized spacial score (nSPS) is 14.3. The number of carbonyl (C=O) groups is 1. The lowest BCUT2D eigenvalue weighted by Crippen LogP contribution is -2.12. The maximum absolute atomic E-state index is 13.7. The van der Waals surface area contributed by atoms with E-state index < -0.39 is 11.7 Å². The third-order valence-electron chi connectivity index (χ3n) is 4.37. The number of nitrogens with two attached hydrogens (primary N) is 1. The summed E-state index contributed by atoms with van der Waals surface area (Å²) in [5.74, 6) is -0.447. The minimum absolute atomic E-state index is 0.284. The van der Waals surface area contributed by atoms with Crippen LogP contribution in [0.2, 0.25) is 0 Å². The van der Waals surface area contributed by atoms with Gasteiger partial charge in [0.2, 0.25) is 5.91 Å². The molecule has 3 N–H and O–H groups in total. The predicted molar refractivity (Wildman–Crippen MR) is 86.7 cm³/mol. The number of primary amides is 1. The summed E-state index contributed by atoms with van der Waals surface area (Å²) in [5, 5.41) is 8.31. The topological polar surface area (TPSA) is 71.8 Å². The highest BCUT2D eigenvalue weighted by Gasteiger charge is 2.27. The fourth-order valence-corrected chi connectivity index (χ4v) is 3.14. The lowest BCUT2D eigenvalue weighted by molar-refractivity contribution is 0.100. The molecular formula is C18H16FN3O. The first kappa shape index (κ1) is 13.9. The second-order valence-corrected chi connectivity index (χ2v) is 6.18. The third-order valence-corrected chi connectivity index (χ3v) is 4.37. The third kappa shape index (κ3) is 2.29. The van der Waals surface area contributed by atoms with Gasteiger partial charge in [-0.3, -0.25) is 9.89 Å². The molecule has 4 nitrogen and oxygen atoms in total. The Balaban J connectivity index is 2.00. The van der Waals surface area contributed by atoms with Gasteiger partial charge in [-0.25, -0.2) is 4.39 Å². The van der Waals surface area contributed by atoms with E-state index in [4.69, 9.17) is 5.73 Å². The number of hydrogen-bond donors (Lipinski definition) is 2. The molecule has 1 fully saturated rings. The van der Waals surface area contributed by atoms with E-state index in [2.05, 4.69) is 16.3 Å². The first-order valence-corrected chi connectivity index (χ1v) is 7.63. The van der Waals surface area contributed by atoms with Gasteiger partial charge in [0.25, 0.3) is 0 Å². The molecule has 0 spiro atoms. The van der Waals surface area contributed by atoms with E-state index in [0.717, 1.165) is 16.5 Å². The van der Waals surface area contributed by atoms with Crippen molar-refractivity contribution in [3.05, 3.63) is 52.8 Å². The van der Waals surface area contributed by atoms with Crippen molar-refractivity contribution in [2.45, 2.75) is 25.7 Å². The number of fused-ring (bicyclic) bond motifs is 1. The molecule has 1 aliphatic rings. The molecule has 1 amide bonds. The standard InChI is InChI=1S/C18H16FN3O/c1-9-6-13(10-2-3-10)16-15(7-9)17(22-21-16)14-8-11(19)4-5-12(14)18(20)23/h4-8,10H,2-3H2,1H3,(H2,20,23)(H,21,22). The Hall–Kier alpha value is -2.69. The van der Waals surface area contributed by atoms with Crippen molar-refractivity contribution in [3.63, 3.8) is 0 Å². The average Bonchev–Trinajstić information content (AvgIpc) is 3.26. The number of H-pyrrole nitrogens is 1. The van der Waals surface area contributed by atoms with Crippen molar-refractivity contribution in [1.29, 1.82) is 0 Å². The van der Waals surface area contributed by atoms with E-state index in [1.165, 1.54) is 36.6 Å². The monoisotopic (exact) mass is 309 g/mol. The smallest absolute Gasteiger partial charge is 0.249 e. The van der Waals surface area contributed by atoms with E-state index in [1.54, 1.807) is 0 Å². The van der Waals surface area contributed by atoms with Gasteiger partial charge in [-0.05, 0) is 55.5 Å². The van der Waals surface area contributed by atoms with Crippen molar-refractivity contribution >= 4 is 16.8 Å². The number of amides is 1. The molecular weight excluding hydrogens is 293 g/mol. The SMILES string of the molecule is Cc1cc(C2CC2)c2n[nH]c(-c3cc(F)ccc3C(N)=O)c2c1. The summed E-state index contributed by atoms with van der Waals surface area (Å²) in [5.41, 5.74) is 10.1. The maximum Gasteiger partial charge on any atom is 0.249 e. The molecule has 0 bridgehead atoms. The van der Waals surface area contributed by atoms with Gasteiger partial charge in [-0.2, -0.15) is 5.10 Å². The number of carbonyl (C=O) groups excluding carboxylic acids is 1. The Morgan fingerprint density at radius 1 is 1.30 bits per heavy atom. The minimum Gasteiger partial charge on any atom is -0.366 e. The van der Waals surface area contributed by atoms with Crippen LogP contribution in [-0.2, 0) is 0 Å². The highest BCUT2D eigenvalue weighted by Crippen LogP contribution is 2.44. The molecule has 2 aromatic carbocycles. The molecule has 0 atom stereocenters.